The van der Waals surface area contributed by atoms with Crippen LogP contribution in [0.5, 0.6) is 0 Å². The molecule has 4 aliphatic carbocycles. The Hall–Kier alpha value is -1.04. The van der Waals surface area contributed by atoms with Crippen molar-refractivity contribution in [2.24, 2.45) is 22.7 Å². The molecular formula is C28H44. The molecule has 0 amide bonds. The van der Waals surface area contributed by atoms with E-state index in [1.807, 2.05) is 0 Å². The van der Waals surface area contributed by atoms with Crippen LogP contribution in [0.1, 0.15) is 107 Å². The molecule has 2 atom stereocenters. The third-order valence-electron chi connectivity index (χ3n) is 7.40. The van der Waals surface area contributed by atoms with E-state index in [1.54, 1.807) is 33.4 Å². The molecule has 0 aromatic rings. The highest BCUT2D eigenvalue weighted by Crippen LogP contribution is 2.47. The fourth-order valence-corrected chi connectivity index (χ4v) is 6.07. The summed E-state index contributed by atoms with van der Waals surface area (Å²) in [5.41, 5.74) is 10.9. The van der Waals surface area contributed by atoms with Gasteiger partial charge in [-0.1, -0.05) is 76.0 Å². The maximum absolute atomic E-state index is 2.46. The van der Waals surface area contributed by atoms with E-state index in [1.165, 1.54) is 51.4 Å². The normalized spacial score (nSPS) is 27.7. The second kappa shape index (κ2) is 8.00. The minimum atomic E-state index is 0.447. The molecule has 0 aromatic carbocycles. The van der Waals surface area contributed by atoms with E-state index in [4.69, 9.17) is 0 Å². The predicted molar refractivity (Wildman–Crippen MR) is 124 cm³/mol. The summed E-state index contributed by atoms with van der Waals surface area (Å²) in [4.78, 5) is 0. The largest absolute Gasteiger partial charge is 0.0690 e. The van der Waals surface area contributed by atoms with Gasteiger partial charge in [0.2, 0.25) is 0 Å². The van der Waals surface area contributed by atoms with Crippen molar-refractivity contribution >= 4 is 0 Å². The fourth-order valence-electron chi connectivity index (χ4n) is 6.07. The quantitative estimate of drug-likeness (QED) is 0.393. The molecule has 4 aliphatic rings. The summed E-state index contributed by atoms with van der Waals surface area (Å²) in [5.74, 6) is 1.64. The molecule has 0 fully saturated rings. The molecule has 156 valence electrons. The van der Waals surface area contributed by atoms with Gasteiger partial charge >= 0.3 is 0 Å². The van der Waals surface area contributed by atoms with Crippen molar-refractivity contribution in [3.8, 4) is 0 Å². The van der Waals surface area contributed by atoms with Crippen LogP contribution in [0.2, 0.25) is 0 Å². The average molecular weight is 381 g/mol. The highest BCUT2D eigenvalue weighted by molar-refractivity contribution is 5.42. The van der Waals surface area contributed by atoms with Crippen LogP contribution in [0.4, 0.5) is 0 Å². The smallest absolute Gasteiger partial charge is 0.00992 e. The maximum atomic E-state index is 2.46. The van der Waals surface area contributed by atoms with Gasteiger partial charge in [0.15, 0.2) is 0 Å². The first-order valence-corrected chi connectivity index (χ1v) is 11.7. The van der Waals surface area contributed by atoms with Crippen LogP contribution in [0, 0.1) is 22.7 Å². The van der Waals surface area contributed by atoms with E-state index in [0.29, 0.717) is 10.8 Å². The monoisotopic (exact) mass is 380 g/mol. The first-order chi connectivity index (χ1) is 13.0. The van der Waals surface area contributed by atoms with E-state index in [-0.39, 0.29) is 0 Å². The lowest BCUT2D eigenvalue weighted by Crippen LogP contribution is -2.24. The Labute approximate surface area is 175 Å². The van der Waals surface area contributed by atoms with Crippen molar-refractivity contribution in [3.63, 3.8) is 0 Å². The van der Waals surface area contributed by atoms with E-state index < -0.39 is 0 Å². The van der Waals surface area contributed by atoms with Crippen molar-refractivity contribution in [2.45, 2.75) is 107 Å². The summed E-state index contributed by atoms with van der Waals surface area (Å²) >= 11 is 0. The average Bonchev–Trinajstić information content (AvgIpc) is 3.12. The molecule has 0 saturated carbocycles. The third-order valence-corrected chi connectivity index (χ3v) is 7.40. The Bertz CT molecular complexity index is 721. The van der Waals surface area contributed by atoms with Crippen molar-refractivity contribution in [2.75, 3.05) is 0 Å². The van der Waals surface area contributed by atoms with Gasteiger partial charge in [-0.2, -0.15) is 0 Å². The molecule has 0 saturated heterocycles. The van der Waals surface area contributed by atoms with Gasteiger partial charge < -0.3 is 0 Å². The first kappa shape index (κ1) is 21.7. The number of allylic oxidation sites excluding steroid dienone is 8. The lowest BCUT2D eigenvalue weighted by molar-refractivity contribution is 0.248. The maximum Gasteiger partial charge on any atom is -0.00992 e. The second-order valence-electron chi connectivity index (χ2n) is 12.1. The summed E-state index contributed by atoms with van der Waals surface area (Å²) in [6.45, 7) is 18.9. The Morgan fingerprint density at radius 2 is 1.29 bits per heavy atom. The van der Waals surface area contributed by atoms with E-state index >= 15 is 0 Å². The third kappa shape index (κ3) is 4.74. The van der Waals surface area contributed by atoms with Crippen molar-refractivity contribution < 1.29 is 0 Å². The molecule has 28 heavy (non-hydrogen) atoms. The Kier molecular flexibility index (Phi) is 6.19. The van der Waals surface area contributed by atoms with Crippen LogP contribution < -0.4 is 0 Å². The van der Waals surface area contributed by atoms with E-state index in [9.17, 15) is 0 Å². The minimum absolute atomic E-state index is 0.447. The SMILES string of the molecule is CC1=CC2=C(C1)C(C(C)(C)C)CCC2.CC1=CC2=C(CCCC2C(C)(C)C)C1. The summed E-state index contributed by atoms with van der Waals surface area (Å²) in [6, 6.07) is 0. The van der Waals surface area contributed by atoms with Gasteiger partial charge in [-0.05, 0) is 99.0 Å². The van der Waals surface area contributed by atoms with E-state index in [2.05, 4.69) is 67.5 Å². The number of rotatable bonds is 0. The Morgan fingerprint density at radius 1 is 0.714 bits per heavy atom. The molecule has 0 nitrogen and oxygen atoms in total. The standard InChI is InChI=1S/2C14H22/c2*1-10-8-11-6-5-7-13(12(11)9-10)14(2,3)4/h9,13H,5-8H2,1-4H3;8,13H,5-7,9H2,1-4H3. The summed E-state index contributed by atoms with van der Waals surface area (Å²) in [6.07, 6.45) is 15.7. The topological polar surface area (TPSA) is 0 Å². The second-order valence-corrected chi connectivity index (χ2v) is 12.1. The van der Waals surface area contributed by atoms with Gasteiger partial charge in [0.1, 0.15) is 0 Å². The first-order valence-electron chi connectivity index (χ1n) is 11.7. The molecule has 0 heteroatoms. The van der Waals surface area contributed by atoms with Crippen molar-refractivity contribution in [1.82, 2.24) is 0 Å². The van der Waals surface area contributed by atoms with Crippen molar-refractivity contribution in [3.05, 3.63) is 45.6 Å². The zero-order valence-electron chi connectivity index (χ0n) is 20.0. The minimum Gasteiger partial charge on any atom is -0.0690 e. The van der Waals surface area contributed by atoms with Gasteiger partial charge in [0.25, 0.3) is 0 Å². The molecule has 0 N–H and O–H groups in total. The van der Waals surface area contributed by atoms with E-state index in [0.717, 1.165) is 11.8 Å². The summed E-state index contributed by atoms with van der Waals surface area (Å²) < 4.78 is 0. The number of hydrogen-bond acceptors (Lipinski definition) is 0. The highest BCUT2D eigenvalue weighted by Gasteiger charge is 2.34. The van der Waals surface area contributed by atoms with Gasteiger partial charge in [-0.15, -0.1) is 0 Å². The summed E-state index contributed by atoms with van der Waals surface area (Å²) in [7, 11) is 0. The van der Waals surface area contributed by atoms with Crippen LogP contribution >= 0.6 is 0 Å². The van der Waals surface area contributed by atoms with Crippen LogP contribution in [-0.2, 0) is 0 Å². The van der Waals surface area contributed by atoms with Crippen LogP contribution in [-0.4, -0.2) is 0 Å². The molecular weight excluding hydrogens is 336 g/mol. The fraction of sp³-hybridized carbons (Fsp3) is 0.714. The Balaban J connectivity index is 0.000000161. The molecule has 0 aromatic heterocycles. The molecule has 0 heterocycles. The molecule has 4 rings (SSSR count). The van der Waals surface area contributed by atoms with Crippen LogP contribution in [0.15, 0.2) is 45.6 Å². The Morgan fingerprint density at radius 3 is 1.93 bits per heavy atom. The molecule has 2 unspecified atom stereocenters. The molecule has 0 bridgehead atoms. The predicted octanol–water partition coefficient (Wildman–Crippen LogP) is 8.96. The zero-order valence-corrected chi connectivity index (χ0v) is 20.0. The van der Waals surface area contributed by atoms with Gasteiger partial charge in [0.05, 0.1) is 0 Å². The number of hydrogen-bond donors (Lipinski definition) is 0. The summed E-state index contributed by atoms with van der Waals surface area (Å²) in [5, 5.41) is 0. The van der Waals surface area contributed by atoms with Crippen LogP contribution in [0.3, 0.4) is 0 Å². The highest BCUT2D eigenvalue weighted by atomic mass is 14.4. The molecule has 0 spiro atoms. The van der Waals surface area contributed by atoms with Crippen LogP contribution in [0.25, 0.3) is 0 Å². The molecule has 0 radical (unpaired) electrons. The zero-order chi connectivity index (χ0) is 20.7. The van der Waals surface area contributed by atoms with Gasteiger partial charge in [0, 0.05) is 0 Å². The molecule has 0 aliphatic heterocycles. The lowest BCUT2D eigenvalue weighted by atomic mass is 9.69. The lowest BCUT2D eigenvalue weighted by Gasteiger charge is -2.36. The van der Waals surface area contributed by atoms with Gasteiger partial charge in [-0.25, -0.2) is 0 Å². The van der Waals surface area contributed by atoms with Crippen molar-refractivity contribution in [1.29, 1.82) is 0 Å². The van der Waals surface area contributed by atoms with Gasteiger partial charge in [-0.3, -0.25) is 0 Å².